The molecule has 0 aliphatic rings. The smallest absolute Gasteiger partial charge is 0.0774 e. The maximum atomic E-state index is 9.10. The van der Waals surface area contributed by atoms with Crippen molar-refractivity contribution in [3.63, 3.8) is 0 Å². The Bertz CT molecular complexity index is 462. The third-order valence-electron chi connectivity index (χ3n) is 2.31. The van der Waals surface area contributed by atoms with Gasteiger partial charge in [-0.3, -0.25) is 0 Å². The highest BCUT2D eigenvalue weighted by Gasteiger charge is 2.07. The standard InChI is InChI=1S/C11H11IOS/c1-2-7-3-4-10(12)11-9(7)5-8(6-13)14-11/h3-5,13H,2,6H2,1H3. The van der Waals surface area contributed by atoms with E-state index in [1.54, 1.807) is 11.3 Å². The van der Waals surface area contributed by atoms with Crippen LogP contribution in [-0.2, 0) is 13.0 Å². The van der Waals surface area contributed by atoms with Crippen LogP contribution < -0.4 is 0 Å². The molecule has 0 aliphatic carbocycles. The number of rotatable bonds is 2. The van der Waals surface area contributed by atoms with Gasteiger partial charge in [0.25, 0.3) is 0 Å². The van der Waals surface area contributed by atoms with Gasteiger partial charge in [0.15, 0.2) is 0 Å². The molecule has 3 heteroatoms. The third-order valence-corrected chi connectivity index (χ3v) is 4.73. The van der Waals surface area contributed by atoms with Gasteiger partial charge < -0.3 is 5.11 Å². The van der Waals surface area contributed by atoms with Crippen LogP contribution in [0.3, 0.4) is 0 Å². The molecule has 0 unspecified atom stereocenters. The molecule has 1 aromatic heterocycles. The van der Waals surface area contributed by atoms with E-state index in [4.69, 9.17) is 5.11 Å². The predicted octanol–water partition coefficient (Wildman–Crippen LogP) is 3.56. The molecule has 0 aliphatic heterocycles. The van der Waals surface area contributed by atoms with Crippen LogP contribution >= 0.6 is 33.9 Å². The average molecular weight is 318 g/mol. The van der Waals surface area contributed by atoms with Crippen molar-refractivity contribution in [2.75, 3.05) is 0 Å². The molecule has 1 aromatic carbocycles. The molecule has 0 spiro atoms. The van der Waals surface area contributed by atoms with Crippen LogP contribution in [0.5, 0.6) is 0 Å². The topological polar surface area (TPSA) is 20.2 Å². The number of benzene rings is 1. The van der Waals surface area contributed by atoms with Gasteiger partial charge in [-0.1, -0.05) is 13.0 Å². The molecule has 74 valence electrons. The molecule has 2 aromatic rings. The summed E-state index contributed by atoms with van der Waals surface area (Å²) in [5, 5.41) is 10.4. The number of aryl methyl sites for hydroxylation is 1. The van der Waals surface area contributed by atoms with E-state index in [9.17, 15) is 0 Å². The maximum Gasteiger partial charge on any atom is 0.0774 e. The Labute approximate surface area is 101 Å². The first-order valence-corrected chi connectivity index (χ1v) is 6.46. The van der Waals surface area contributed by atoms with Crippen LogP contribution in [0.4, 0.5) is 0 Å². The van der Waals surface area contributed by atoms with Crippen molar-refractivity contribution in [2.24, 2.45) is 0 Å². The molecule has 1 N–H and O–H groups in total. The van der Waals surface area contributed by atoms with Gasteiger partial charge in [-0.25, -0.2) is 0 Å². The summed E-state index contributed by atoms with van der Waals surface area (Å²) in [5.74, 6) is 0. The van der Waals surface area contributed by atoms with Gasteiger partial charge in [0, 0.05) is 13.1 Å². The number of halogens is 1. The van der Waals surface area contributed by atoms with E-state index in [0.29, 0.717) is 0 Å². The molecule has 0 atom stereocenters. The monoisotopic (exact) mass is 318 g/mol. The molecule has 2 rings (SSSR count). The first kappa shape index (κ1) is 10.4. The lowest BCUT2D eigenvalue weighted by atomic mass is 10.1. The van der Waals surface area contributed by atoms with Gasteiger partial charge in [0.1, 0.15) is 0 Å². The average Bonchev–Trinajstić information content (AvgIpc) is 2.63. The number of aliphatic hydroxyl groups is 1. The Morgan fingerprint density at radius 3 is 2.86 bits per heavy atom. The zero-order valence-corrected chi connectivity index (χ0v) is 10.9. The van der Waals surface area contributed by atoms with Crippen LogP contribution in [0.15, 0.2) is 18.2 Å². The Balaban J connectivity index is 2.74. The quantitative estimate of drug-likeness (QED) is 0.840. The Hall–Kier alpha value is -0.130. The normalized spacial score (nSPS) is 11.1. The van der Waals surface area contributed by atoms with Crippen LogP contribution in [-0.4, -0.2) is 5.11 Å². The largest absolute Gasteiger partial charge is 0.391 e. The maximum absolute atomic E-state index is 9.10. The Kier molecular flexibility index (Phi) is 3.09. The summed E-state index contributed by atoms with van der Waals surface area (Å²) in [6, 6.07) is 6.44. The van der Waals surface area contributed by atoms with E-state index in [-0.39, 0.29) is 6.61 Å². The molecule has 0 saturated carbocycles. The minimum absolute atomic E-state index is 0.151. The third kappa shape index (κ3) is 1.68. The van der Waals surface area contributed by atoms with Crippen molar-refractivity contribution in [1.29, 1.82) is 0 Å². The van der Waals surface area contributed by atoms with Gasteiger partial charge in [-0.15, -0.1) is 11.3 Å². The fourth-order valence-electron chi connectivity index (χ4n) is 1.58. The fourth-order valence-corrected chi connectivity index (χ4v) is 3.35. The lowest BCUT2D eigenvalue weighted by molar-refractivity contribution is 0.285. The first-order chi connectivity index (χ1) is 6.76. The number of thiophene rings is 1. The molecule has 1 nitrogen and oxygen atoms in total. The highest BCUT2D eigenvalue weighted by atomic mass is 127. The highest BCUT2D eigenvalue weighted by molar-refractivity contribution is 14.1. The number of hydrogen-bond donors (Lipinski definition) is 1. The Morgan fingerprint density at radius 1 is 1.43 bits per heavy atom. The number of hydrogen-bond acceptors (Lipinski definition) is 2. The van der Waals surface area contributed by atoms with Crippen LogP contribution in [0.1, 0.15) is 17.4 Å². The van der Waals surface area contributed by atoms with Crippen molar-refractivity contribution in [1.82, 2.24) is 0 Å². The van der Waals surface area contributed by atoms with Gasteiger partial charge >= 0.3 is 0 Å². The van der Waals surface area contributed by atoms with Gasteiger partial charge in [-0.05, 0) is 52.1 Å². The summed E-state index contributed by atoms with van der Waals surface area (Å²) in [6.45, 7) is 2.32. The number of fused-ring (bicyclic) bond motifs is 1. The van der Waals surface area contributed by atoms with E-state index < -0.39 is 0 Å². The lowest BCUT2D eigenvalue weighted by Gasteiger charge is -2.00. The van der Waals surface area contributed by atoms with E-state index in [1.165, 1.54) is 19.2 Å². The lowest BCUT2D eigenvalue weighted by Crippen LogP contribution is -1.81. The summed E-state index contributed by atoms with van der Waals surface area (Å²) in [6.07, 6.45) is 1.05. The molecule has 0 saturated heterocycles. The fraction of sp³-hybridized carbons (Fsp3) is 0.273. The molecular weight excluding hydrogens is 307 g/mol. The Morgan fingerprint density at radius 2 is 2.21 bits per heavy atom. The van der Waals surface area contributed by atoms with Gasteiger partial charge in [0.05, 0.1) is 6.61 Å². The first-order valence-electron chi connectivity index (χ1n) is 4.57. The summed E-state index contributed by atoms with van der Waals surface area (Å²) in [5.41, 5.74) is 1.37. The van der Waals surface area contributed by atoms with E-state index in [2.05, 4.69) is 47.7 Å². The molecule has 0 fully saturated rings. The second kappa shape index (κ2) is 4.16. The SMILES string of the molecule is CCc1ccc(I)c2sc(CO)cc12. The van der Waals surface area contributed by atoms with Crippen molar-refractivity contribution < 1.29 is 5.11 Å². The van der Waals surface area contributed by atoms with Crippen LogP contribution in [0.2, 0.25) is 0 Å². The second-order valence-electron chi connectivity index (χ2n) is 3.17. The van der Waals surface area contributed by atoms with Crippen molar-refractivity contribution in [2.45, 2.75) is 20.0 Å². The molecule has 14 heavy (non-hydrogen) atoms. The van der Waals surface area contributed by atoms with Gasteiger partial charge in [-0.2, -0.15) is 0 Å². The summed E-state index contributed by atoms with van der Waals surface area (Å²) >= 11 is 4.05. The van der Waals surface area contributed by atoms with E-state index in [1.807, 2.05) is 0 Å². The molecule has 0 radical (unpaired) electrons. The predicted molar refractivity (Wildman–Crippen MR) is 69.8 cm³/mol. The molecule has 0 amide bonds. The number of aliphatic hydroxyl groups excluding tert-OH is 1. The minimum atomic E-state index is 0.151. The van der Waals surface area contributed by atoms with Crippen molar-refractivity contribution in [3.05, 3.63) is 32.2 Å². The van der Waals surface area contributed by atoms with E-state index >= 15 is 0 Å². The zero-order valence-electron chi connectivity index (χ0n) is 7.88. The van der Waals surface area contributed by atoms with Gasteiger partial charge in [0.2, 0.25) is 0 Å². The highest BCUT2D eigenvalue weighted by Crippen LogP contribution is 2.32. The van der Waals surface area contributed by atoms with Crippen LogP contribution in [0.25, 0.3) is 10.1 Å². The molecule has 0 bridgehead atoms. The van der Waals surface area contributed by atoms with Crippen molar-refractivity contribution in [3.8, 4) is 0 Å². The van der Waals surface area contributed by atoms with E-state index in [0.717, 1.165) is 11.3 Å². The second-order valence-corrected chi connectivity index (χ2v) is 5.47. The minimum Gasteiger partial charge on any atom is -0.391 e. The molecular formula is C11H11IOS. The van der Waals surface area contributed by atoms with Crippen molar-refractivity contribution >= 4 is 44.0 Å². The molecule has 1 heterocycles. The zero-order chi connectivity index (χ0) is 10.1. The summed E-state index contributed by atoms with van der Waals surface area (Å²) in [4.78, 5) is 1.05. The summed E-state index contributed by atoms with van der Waals surface area (Å²) < 4.78 is 2.59. The van der Waals surface area contributed by atoms with Crippen LogP contribution in [0, 0.1) is 3.57 Å². The summed E-state index contributed by atoms with van der Waals surface area (Å²) in [7, 11) is 0.